The van der Waals surface area contributed by atoms with E-state index in [0.29, 0.717) is 18.7 Å². The number of ether oxygens (including phenoxy) is 1. The Balaban J connectivity index is 1.96. The maximum absolute atomic E-state index is 12.7. The molecule has 0 amide bonds. The molecule has 0 saturated carbocycles. The molecular weight excluding hydrogens is 384 g/mol. The van der Waals surface area contributed by atoms with Gasteiger partial charge in [0, 0.05) is 23.5 Å². The number of hydrogen-bond acceptors (Lipinski definition) is 6. The van der Waals surface area contributed by atoms with Crippen LogP contribution in [0.1, 0.15) is 29.9 Å². The maximum Gasteiger partial charge on any atom is 0.363 e. The van der Waals surface area contributed by atoms with Gasteiger partial charge in [-0.2, -0.15) is 4.31 Å². The van der Waals surface area contributed by atoms with Crippen molar-refractivity contribution in [2.24, 2.45) is 4.99 Å². The number of thiophene rings is 1. The van der Waals surface area contributed by atoms with Crippen LogP contribution < -0.4 is 0 Å². The molecule has 1 aliphatic heterocycles. The summed E-state index contributed by atoms with van der Waals surface area (Å²) < 4.78 is 32.1. The number of cyclic esters (lactones) is 1. The van der Waals surface area contributed by atoms with Gasteiger partial charge in [0.05, 0.1) is 4.90 Å². The number of nitrogens with zero attached hydrogens (tertiary/aromatic N) is 2. The molecule has 2 aromatic rings. The molecule has 0 radical (unpaired) electrons. The molecule has 6 nitrogen and oxygen atoms in total. The van der Waals surface area contributed by atoms with Crippen LogP contribution in [-0.4, -0.2) is 37.7 Å². The molecule has 0 aliphatic carbocycles. The molecule has 0 unspecified atom stereocenters. The number of sulfonamides is 1. The zero-order valence-corrected chi connectivity index (χ0v) is 16.9. The van der Waals surface area contributed by atoms with Crippen LogP contribution >= 0.6 is 11.3 Å². The summed E-state index contributed by atoms with van der Waals surface area (Å²) in [5, 5.41) is 1.94. The average molecular weight is 405 g/mol. The summed E-state index contributed by atoms with van der Waals surface area (Å²) in [6.45, 7) is 6.29. The van der Waals surface area contributed by atoms with Gasteiger partial charge in [-0.3, -0.25) is 0 Å². The van der Waals surface area contributed by atoms with Crippen molar-refractivity contribution >= 4 is 39.3 Å². The largest absolute Gasteiger partial charge is 0.402 e. The second-order valence-corrected chi connectivity index (χ2v) is 8.81. The van der Waals surface area contributed by atoms with Gasteiger partial charge in [-0.15, -0.1) is 11.3 Å². The van der Waals surface area contributed by atoms with Crippen molar-refractivity contribution < 1.29 is 17.9 Å². The van der Waals surface area contributed by atoms with Gasteiger partial charge in [-0.25, -0.2) is 18.2 Å². The quantitative estimate of drug-likeness (QED) is 0.546. The van der Waals surface area contributed by atoms with Crippen LogP contribution in [0, 0.1) is 6.92 Å². The highest BCUT2D eigenvalue weighted by molar-refractivity contribution is 7.89. The number of aryl methyl sites for hydroxylation is 1. The highest BCUT2D eigenvalue weighted by Crippen LogP contribution is 2.25. The zero-order chi connectivity index (χ0) is 19.6. The molecule has 142 valence electrons. The topological polar surface area (TPSA) is 76.0 Å². The van der Waals surface area contributed by atoms with E-state index in [2.05, 4.69) is 4.99 Å². The van der Waals surface area contributed by atoms with Crippen molar-refractivity contribution in [1.82, 2.24) is 4.31 Å². The van der Waals surface area contributed by atoms with E-state index >= 15 is 0 Å². The summed E-state index contributed by atoms with van der Waals surface area (Å²) in [7, 11) is -3.60. The van der Waals surface area contributed by atoms with Gasteiger partial charge in [0.25, 0.3) is 0 Å². The van der Waals surface area contributed by atoms with Crippen molar-refractivity contribution in [2.45, 2.75) is 25.7 Å². The third-order valence-corrected chi connectivity index (χ3v) is 7.23. The minimum absolute atomic E-state index is 0.108. The molecule has 8 heteroatoms. The van der Waals surface area contributed by atoms with E-state index in [4.69, 9.17) is 4.74 Å². The van der Waals surface area contributed by atoms with Crippen molar-refractivity contribution in [1.29, 1.82) is 0 Å². The highest BCUT2D eigenvalue weighted by atomic mass is 32.2. The number of rotatable bonds is 6. The van der Waals surface area contributed by atoms with E-state index < -0.39 is 16.0 Å². The number of carbonyl (C=O) groups excluding carboxylic acids is 1. The van der Waals surface area contributed by atoms with E-state index in [9.17, 15) is 13.2 Å². The predicted octanol–water partition coefficient (Wildman–Crippen LogP) is 3.43. The monoisotopic (exact) mass is 404 g/mol. The molecule has 0 atom stereocenters. The molecule has 3 rings (SSSR count). The third kappa shape index (κ3) is 3.87. The van der Waals surface area contributed by atoms with Gasteiger partial charge >= 0.3 is 5.97 Å². The summed E-state index contributed by atoms with van der Waals surface area (Å²) in [4.78, 5) is 17.5. The van der Waals surface area contributed by atoms with E-state index in [1.54, 1.807) is 32.1 Å². The van der Waals surface area contributed by atoms with Crippen molar-refractivity contribution in [3.63, 3.8) is 0 Å². The molecule has 0 saturated heterocycles. The highest BCUT2D eigenvalue weighted by Gasteiger charge is 2.27. The standard InChI is InChI=1S/C19H20N2O4S2/c1-4-21(5-2)27(23,24)15-8-6-7-14(11-15)18-20-16(19(22)25-18)12-17-13(3)9-10-26-17/h6-12H,4-5H2,1-3H3/b16-12+. The first-order valence-corrected chi connectivity index (χ1v) is 10.9. The van der Waals surface area contributed by atoms with Gasteiger partial charge < -0.3 is 4.74 Å². The lowest BCUT2D eigenvalue weighted by molar-refractivity contribution is -0.129. The lowest BCUT2D eigenvalue weighted by Gasteiger charge is -2.18. The van der Waals surface area contributed by atoms with Crippen molar-refractivity contribution in [3.05, 3.63) is 57.4 Å². The van der Waals surface area contributed by atoms with E-state index in [1.807, 2.05) is 18.4 Å². The fourth-order valence-electron chi connectivity index (χ4n) is 2.69. The molecule has 27 heavy (non-hydrogen) atoms. The second-order valence-electron chi connectivity index (χ2n) is 5.92. The van der Waals surface area contributed by atoms with E-state index in [0.717, 1.165) is 10.4 Å². The number of aliphatic imine (C=N–C) groups is 1. The second kappa shape index (κ2) is 7.75. The third-order valence-electron chi connectivity index (χ3n) is 4.21. The Morgan fingerprint density at radius 2 is 1.96 bits per heavy atom. The summed E-state index contributed by atoms with van der Waals surface area (Å²) in [6, 6.07) is 8.27. The minimum atomic E-state index is -3.60. The van der Waals surface area contributed by atoms with Crippen LogP contribution in [0.2, 0.25) is 0 Å². The van der Waals surface area contributed by atoms with Crippen LogP contribution in [0.15, 0.2) is 51.3 Å². The molecule has 1 aliphatic rings. The molecule has 1 aromatic carbocycles. The zero-order valence-electron chi connectivity index (χ0n) is 15.3. The minimum Gasteiger partial charge on any atom is -0.402 e. The summed E-state index contributed by atoms with van der Waals surface area (Å²) in [5.74, 6) is -0.438. The summed E-state index contributed by atoms with van der Waals surface area (Å²) in [5.41, 5.74) is 1.70. The number of benzene rings is 1. The van der Waals surface area contributed by atoms with E-state index in [1.165, 1.54) is 27.8 Å². The van der Waals surface area contributed by atoms with Gasteiger partial charge in [-0.1, -0.05) is 19.9 Å². The molecule has 0 fully saturated rings. The van der Waals surface area contributed by atoms with Crippen molar-refractivity contribution in [3.8, 4) is 0 Å². The summed E-state index contributed by atoms with van der Waals surface area (Å²) >= 11 is 1.51. The van der Waals surface area contributed by atoms with Crippen LogP contribution in [0.5, 0.6) is 0 Å². The van der Waals surface area contributed by atoms with Crippen LogP contribution in [-0.2, 0) is 19.6 Å². The predicted molar refractivity (Wildman–Crippen MR) is 106 cm³/mol. The number of hydrogen-bond donors (Lipinski definition) is 0. The average Bonchev–Trinajstić information content (AvgIpc) is 3.22. The smallest absolute Gasteiger partial charge is 0.363 e. The van der Waals surface area contributed by atoms with Crippen LogP contribution in [0.4, 0.5) is 0 Å². The lowest BCUT2D eigenvalue weighted by atomic mass is 10.2. The van der Waals surface area contributed by atoms with Crippen molar-refractivity contribution in [2.75, 3.05) is 13.1 Å². The first-order valence-electron chi connectivity index (χ1n) is 8.54. The fourth-order valence-corrected chi connectivity index (χ4v) is 5.05. The molecule has 0 spiro atoms. The first-order chi connectivity index (χ1) is 12.9. The molecule has 0 N–H and O–H groups in total. The van der Waals surface area contributed by atoms with Crippen LogP contribution in [0.3, 0.4) is 0 Å². The molecule has 1 aromatic heterocycles. The van der Waals surface area contributed by atoms with E-state index in [-0.39, 0.29) is 16.5 Å². The SMILES string of the molecule is CCN(CC)S(=O)(=O)c1cccc(C2=N/C(=C/c3sccc3C)C(=O)O2)c1. The number of carbonyl (C=O) groups is 1. The van der Waals surface area contributed by atoms with Crippen LogP contribution in [0.25, 0.3) is 6.08 Å². The first kappa shape index (κ1) is 19.5. The van der Waals surface area contributed by atoms with Gasteiger partial charge in [0.2, 0.25) is 15.9 Å². The Morgan fingerprint density at radius 3 is 2.59 bits per heavy atom. The lowest BCUT2D eigenvalue weighted by Crippen LogP contribution is -2.30. The molecular formula is C19H20N2O4S2. The Morgan fingerprint density at radius 1 is 1.22 bits per heavy atom. The van der Waals surface area contributed by atoms with Gasteiger partial charge in [0.15, 0.2) is 5.70 Å². The Labute approximate surface area is 162 Å². The maximum atomic E-state index is 12.7. The van der Waals surface area contributed by atoms with Gasteiger partial charge in [0.1, 0.15) is 0 Å². The summed E-state index contributed by atoms with van der Waals surface area (Å²) in [6.07, 6.45) is 1.69. The normalized spacial score (nSPS) is 16.1. The molecule has 0 bridgehead atoms. The van der Waals surface area contributed by atoms with Gasteiger partial charge in [-0.05, 0) is 48.2 Å². The number of esters is 1. The Bertz CT molecular complexity index is 1030. The fraction of sp³-hybridized carbons (Fsp3) is 0.263. The Hall–Kier alpha value is -2.29. The molecule has 2 heterocycles. The Kier molecular flexibility index (Phi) is 5.59.